The van der Waals surface area contributed by atoms with Crippen LogP contribution in [-0.2, 0) is 17.8 Å². The first kappa shape index (κ1) is 20.8. The lowest BCUT2D eigenvalue weighted by Crippen LogP contribution is -2.35. The van der Waals surface area contributed by atoms with Gasteiger partial charge in [0.15, 0.2) is 11.5 Å². The molecule has 3 aromatic rings. The van der Waals surface area contributed by atoms with E-state index in [2.05, 4.69) is 9.47 Å². The van der Waals surface area contributed by atoms with Crippen molar-refractivity contribution in [2.45, 2.75) is 44.4 Å². The Balaban J connectivity index is 1.35. The highest BCUT2D eigenvalue weighted by molar-refractivity contribution is 5.92. The average Bonchev–Trinajstić information content (AvgIpc) is 3.09. The van der Waals surface area contributed by atoms with E-state index in [-0.39, 0.29) is 29.1 Å². The van der Waals surface area contributed by atoms with E-state index in [1.54, 1.807) is 24.3 Å². The fourth-order valence-corrected chi connectivity index (χ4v) is 4.74. The number of carbonyl (C=O) groups is 1. The molecule has 0 spiro atoms. The van der Waals surface area contributed by atoms with Gasteiger partial charge in [0.2, 0.25) is 0 Å². The Kier molecular flexibility index (Phi) is 5.48. The molecule has 0 radical (unpaired) electrons. The number of nitrogens with zero attached hydrogens (tertiary/aromatic N) is 3. The lowest BCUT2D eigenvalue weighted by molar-refractivity contribution is -0.0592. The summed E-state index contributed by atoms with van der Waals surface area (Å²) >= 11 is 0. The molecule has 1 atom stereocenters. The van der Waals surface area contributed by atoms with Crippen LogP contribution in [-0.4, -0.2) is 61.5 Å². The molecule has 2 aliphatic heterocycles. The SMILES string of the molecule is O=C(O)c1ccc2nc(CN3CCC(c4cccc(O)c4O)CC3)n(C[C@@H]3CCO3)c2c1. The van der Waals surface area contributed by atoms with Crippen LogP contribution in [0.25, 0.3) is 11.0 Å². The number of rotatable bonds is 6. The summed E-state index contributed by atoms with van der Waals surface area (Å²) in [5.41, 5.74) is 2.69. The molecule has 2 fully saturated rings. The summed E-state index contributed by atoms with van der Waals surface area (Å²) in [6.45, 7) is 3.81. The molecule has 0 unspecified atom stereocenters. The molecule has 32 heavy (non-hydrogen) atoms. The molecule has 2 aromatic carbocycles. The number of hydrogen-bond acceptors (Lipinski definition) is 6. The van der Waals surface area contributed by atoms with E-state index < -0.39 is 5.97 Å². The third-order valence-corrected chi connectivity index (χ3v) is 6.69. The van der Waals surface area contributed by atoms with Gasteiger partial charge in [-0.15, -0.1) is 0 Å². The lowest BCUT2D eigenvalue weighted by Gasteiger charge is -2.33. The Morgan fingerprint density at radius 1 is 1.12 bits per heavy atom. The Hall–Kier alpha value is -3.10. The first-order chi connectivity index (χ1) is 15.5. The van der Waals surface area contributed by atoms with Crippen molar-refractivity contribution in [3.05, 3.63) is 53.3 Å². The number of likely N-dealkylation sites (tertiary alicyclic amines) is 1. The molecule has 2 aliphatic rings. The van der Waals surface area contributed by atoms with Crippen molar-refractivity contribution in [1.29, 1.82) is 0 Å². The summed E-state index contributed by atoms with van der Waals surface area (Å²) in [7, 11) is 0. The Morgan fingerprint density at radius 2 is 1.91 bits per heavy atom. The predicted octanol–water partition coefficient (Wildman–Crippen LogP) is 3.31. The van der Waals surface area contributed by atoms with E-state index in [1.165, 1.54) is 6.07 Å². The number of ether oxygens (including phenoxy) is 1. The number of carboxylic acid groups (broad SMARTS) is 1. The smallest absolute Gasteiger partial charge is 0.335 e. The van der Waals surface area contributed by atoms with E-state index >= 15 is 0 Å². The summed E-state index contributed by atoms with van der Waals surface area (Å²) in [4.78, 5) is 18.6. The van der Waals surface area contributed by atoms with E-state index in [0.29, 0.717) is 13.1 Å². The van der Waals surface area contributed by atoms with Gasteiger partial charge in [-0.2, -0.15) is 0 Å². The molecule has 0 saturated carbocycles. The summed E-state index contributed by atoms with van der Waals surface area (Å²) < 4.78 is 7.75. The molecule has 1 aromatic heterocycles. The van der Waals surface area contributed by atoms with E-state index in [9.17, 15) is 20.1 Å². The van der Waals surface area contributed by atoms with Gasteiger partial charge in [0.05, 0.1) is 35.8 Å². The Morgan fingerprint density at radius 3 is 2.59 bits per heavy atom. The number of imidazole rings is 1. The number of phenols is 2. The van der Waals surface area contributed by atoms with Crippen molar-refractivity contribution in [3.8, 4) is 11.5 Å². The van der Waals surface area contributed by atoms with E-state index in [0.717, 1.165) is 61.4 Å². The molecule has 8 nitrogen and oxygen atoms in total. The second-order valence-electron chi connectivity index (χ2n) is 8.69. The fourth-order valence-electron chi connectivity index (χ4n) is 4.74. The highest BCUT2D eigenvalue weighted by Crippen LogP contribution is 2.38. The summed E-state index contributed by atoms with van der Waals surface area (Å²) in [5, 5.41) is 29.4. The second-order valence-corrected chi connectivity index (χ2v) is 8.69. The van der Waals surface area contributed by atoms with Gasteiger partial charge in [-0.05, 0) is 62.5 Å². The maximum atomic E-state index is 11.5. The van der Waals surface area contributed by atoms with Crippen LogP contribution in [0.3, 0.4) is 0 Å². The van der Waals surface area contributed by atoms with E-state index in [4.69, 9.17) is 9.72 Å². The van der Waals surface area contributed by atoms with Crippen LogP contribution >= 0.6 is 0 Å². The van der Waals surface area contributed by atoms with Gasteiger partial charge < -0.3 is 24.6 Å². The molecule has 5 rings (SSSR count). The number of hydrogen-bond donors (Lipinski definition) is 3. The van der Waals surface area contributed by atoms with Crippen LogP contribution in [0.4, 0.5) is 0 Å². The van der Waals surface area contributed by atoms with E-state index in [1.807, 2.05) is 6.07 Å². The molecule has 8 heteroatoms. The van der Waals surface area contributed by atoms with Gasteiger partial charge in [-0.1, -0.05) is 12.1 Å². The van der Waals surface area contributed by atoms with Crippen molar-refractivity contribution in [2.24, 2.45) is 0 Å². The van der Waals surface area contributed by atoms with Crippen molar-refractivity contribution in [1.82, 2.24) is 14.5 Å². The first-order valence-electron chi connectivity index (χ1n) is 11.1. The number of benzene rings is 2. The van der Waals surface area contributed by atoms with Gasteiger partial charge in [0, 0.05) is 12.2 Å². The topological polar surface area (TPSA) is 108 Å². The highest BCUT2D eigenvalue weighted by atomic mass is 16.5. The maximum Gasteiger partial charge on any atom is 0.335 e. The van der Waals surface area contributed by atoms with Crippen LogP contribution in [0.15, 0.2) is 36.4 Å². The highest BCUT2D eigenvalue weighted by Gasteiger charge is 2.26. The molecule has 0 aliphatic carbocycles. The van der Waals surface area contributed by atoms with Crippen LogP contribution < -0.4 is 0 Å². The molecular weight excluding hydrogens is 410 g/mol. The maximum absolute atomic E-state index is 11.5. The fraction of sp³-hybridized carbons (Fsp3) is 0.417. The number of piperidine rings is 1. The van der Waals surface area contributed by atoms with Gasteiger partial charge in [0.1, 0.15) is 5.82 Å². The number of aromatic carboxylic acids is 1. The number of fused-ring (bicyclic) bond motifs is 1. The molecule has 0 amide bonds. The van der Waals surface area contributed by atoms with Crippen LogP contribution in [0, 0.1) is 0 Å². The van der Waals surface area contributed by atoms with Crippen molar-refractivity contribution < 1.29 is 24.9 Å². The number of carboxylic acids is 1. The number of aromatic hydroxyl groups is 2. The van der Waals surface area contributed by atoms with Gasteiger partial charge in [0.25, 0.3) is 0 Å². The zero-order valence-corrected chi connectivity index (χ0v) is 17.8. The zero-order valence-electron chi connectivity index (χ0n) is 17.8. The third-order valence-electron chi connectivity index (χ3n) is 6.69. The minimum atomic E-state index is -0.946. The molecule has 3 N–H and O–H groups in total. The standard InChI is InChI=1S/C24H27N3O5/c28-21-3-1-2-18(23(21)29)15-6-9-26(10-7-15)14-22-25-19-5-4-16(24(30)31)12-20(19)27(22)13-17-8-11-32-17/h1-5,12,15,17,28-29H,6-11,13-14H2,(H,30,31)/t17-/m0/s1. The monoisotopic (exact) mass is 437 g/mol. The number of aromatic nitrogens is 2. The van der Waals surface area contributed by atoms with Gasteiger partial charge in [-0.25, -0.2) is 9.78 Å². The summed E-state index contributed by atoms with van der Waals surface area (Å²) in [6.07, 6.45) is 2.90. The van der Waals surface area contributed by atoms with Crippen LogP contribution in [0.5, 0.6) is 11.5 Å². The molecule has 2 saturated heterocycles. The van der Waals surface area contributed by atoms with Crippen LogP contribution in [0.2, 0.25) is 0 Å². The second kappa shape index (κ2) is 8.44. The first-order valence-corrected chi connectivity index (χ1v) is 11.1. The minimum absolute atomic E-state index is 0.0116. The molecular formula is C24H27N3O5. The molecule has 168 valence electrons. The van der Waals surface area contributed by atoms with Gasteiger partial charge >= 0.3 is 5.97 Å². The zero-order chi connectivity index (χ0) is 22.2. The number of para-hydroxylation sites is 1. The van der Waals surface area contributed by atoms with Crippen molar-refractivity contribution in [3.63, 3.8) is 0 Å². The largest absolute Gasteiger partial charge is 0.504 e. The summed E-state index contributed by atoms with van der Waals surface area (Å²) in [5.74, 6) is 0.0915. The van der Waals surface area contributed by atoms with Gasteiger partial charge in [-0.3, -0.25) is 4.90 Å². The number of phenolic OH excluding ortho intramolecular Hbond substituents is 2. The Labute approximate surface area is 185 Å². The average molecular weight is 437 g/mol. The molecule has 0 bridgehead atoms. The summed E-state index contributed by atoms with van der Waals surface area (Å²) in [6, 6.07) is 10.2. The third kappa shape index (κ3) is 3.91. The van der Waals surface area contributed by atoms with Crippen molar-refractivity contribution >= 4 is 17.0 Å². The Bertz CT molecular complexity index is 1150. The van der Waals surface area contributed by atoms with Crippen LogP contribution in [0.1, 0.15) is 46.9 Å². The normalized spacial score (nSPS) is 19.8. The lowest BCUT2D eigenvalue weighted by atomic mass is 9.88. The minimum Gasteiger partial charge on any atom is -0.504 e. The quantitative estimate of drug-likeness (QED) is 0.508. The van der Waals surface area contributed by atoms with Crippen molar-refractivity contribution in [2.75, 3.05) is 19.7 Å². The predicted molar refractivity (Wildman–Crippen MR) is 118 cm³/mol. The molecule has 3 heterocycles.